The van der Waals surface area contributed by atoms with Gasteiger partial charge in [-0.15, -0.1) is 0 Å². The van der Waals surface area contributed by atoms with E-state index >= 15 is 0 Å². The highest BCUT2D eigenvalue weighted by Crippen LogP contribution is 2.10. The number of methoxy groups -OCH3 is 1. The Kier molecular flexibility index (Phi) is 5.48. The fourth-order valence-corrected chi connectivity index (χ4v) is 1.21. The number of aryl methyl sites for hydroxylation is 1. The van der Waals surface area contributed by atoms with Crippen LogP contribution in [-0.4, -0.2) is 13.9 Å². The average Bonchev–Trinajstić information content (AvgIpc) is 2.31. The number of rotatable bonds is 6. The minimum Gasteiger partial charge on any atom is -0.470 e. The number of halogens is 1. The number of ether oxygens (including phenoxy) is 2. The fourth-order valence-electron chi connectivity index (χ4n) is 1.21. The van der Waals surface area contributed by atoms with Crippen LogP contribution in [0.5, 0.6) is 0 Å². The maximum Gasteiger partial charge on any atom is 0.188 e. The molecule has 1 aromatic rings. The molecule has 3 heteroatoms. The van der Waals surface area contributed by atoms with Gasteiger partial charge < -0.3 is 9.47 Å². The van der Waals surface area contributed by atoms with Crippen LogP contribution in [0, 0.1) is 0 Å². The lowest BCUT2D eigenvalue weighted by Crippen LogP contribution is -1.98. The smallest absolute Gasteiger partial charge is 0.188 e. The Hall–Kier alpha value is -1.35. The molecule has 0 N–H and O–H groups in total. The van der Waals surface area contributed by atoms with Crippen LogP contribution in [0.2, 0.25) is 0 Å². The summed E-state index contributed by atoms with van der Waals surface area (Å²) in [4.78, 5) is 0. The molecule has 1 rings (SSSR count). The van der Waals surface area contributed by atoms with Gasteiger partial charge in [0.2, 0.25) is 0 Å². The summed E-state index contributed by atoms with van der Waals surface area (Å²) in [6, 6.07) is 9.89. The molecule has 0 bridgehead atoms. The molecule has 2 nitrogen and oxygen atoms in total. The molecule has 0 spiro atoms. The summed E-state index contributed by atoms with van der Waals surface area (Å²) in [7, 11) is 1.51. The molecule has 0 heterocycles. The molecular formula is C12H15FO2. The lowest BCUT2D eigenvalue weighted by Gasteiger charge is -2.07. The van der Waals surface area contributed by atoms with Crippen molar-refractivity contribution in [2.24, 2.45) is 0 Å². The molecule has 15 heavy (non-hydrogen) atoms. The number of hydrogen-bond acceptors (Lipinski definition) is 2. The van der Waals surface area contributed by atoms with E-state index in [4.69, 9.17) is 9.47 Å². The highest BCUT2D eigenvalue weighted by atomic mass is 19.1. The second kappa shape index (κ2) is 7.01. The summed E-state index contributed by atoms with van der Waals surface area (Å²) in [5.74, 6) is 0.320. The van der Waals surface area contributed by atoms with Crippen LogP contribution in [0.1, 0.15) is 12.0 Å². The van der Waals surface area contributed by atoms with Crippen molar-refractivity contribution < 1.29 is 13.9 Å². The van der Waals surface area contributed by atoms with Gasteiger partial charge in [-0.3, -0.25) is 0 Å². The molecule has 82 valence electrons. The Morgan fingerprint density at radius 2 is 2.07 bits per heavy atom. The molecule has 0 fully saturated rings. The molecule has 1 aromatic carbocycles. The minimum atomic E-state index is 0.0878. The zero-order valence-corrected chi connectivity index (χ0v) is 8.78. The van der Waals surface area contributed by atoms with E-state index in [1.165, 1.54) is 7.11 Å². The standard InChI is InChI=1S/C12H15FO2/c1-14-10-15-12(9-13)8-7-11-5-3-2-4-6-11/h2-6,9H,7-8,10H2,1H3/b12-9-. The van der Waals surface area contributed by atoms with E-state index in [2.05, 4.69) is 0 Å². The topological polar surface area (TPSA) is 18.5 Å². The van der Waals surface area contributed by atoms with Crippen LogP contribution in [-0.2, 0) is 15.9 Å². The first kappa shape index (κ1) is 11.7. The van der Waals surface area contributed by atoms with Crippen LogP contribution >= 0.6 is 0 Å². The number of benzene rings is 1. The summed E-state index contributed by atoms with van der Waals surface area (Å²) in [5.41, 5.74) is 1.16. The summed E-state index contributed by atoms with van der Waals surface area (Å²) < 4.78 is 22.1. The number of allylic oxidation sites excluding steroid dienone is 1. The third kappa shape index (κ3) is 4.61. The molecule has 0 aliphatic rings. The third-order valence-corrected chi connectivity index (χ3v) is 1.99. The van der Waals surface area contributed by atoms with E-state index < -0.39 is 0 Å². The molecule has 0 aliphatic carbocycles. The van der Waals surface area contributed by atoms with E-state index in [9.17, 15) is 4.39 Å². The Bertz CT molecular complexity index is 296. The van der Waals surface area contributed by atoms with Crippen LogP contribution < -0.4 is 0 Å². The van der Waals surface area contributed by atoms with Gasteiger partial charge in [-0.1, -0.05) is 30.3 Å². The second-order valence-corrected chi connectivity index (χ2v) is 3.11. The highest BCUT2D eigenvalue weighted by Gasteiger charge is 1.99. The minimum absolute atomic E-state index is 0.0878. The van der Waals surface area contributed by atoms with Crippen molar-refractivity contribution in [3.8, 4) is 0 Å². The predicted molar refractivity (Wildman–Crippen MR) is 56.9 cm³/mol. The molecule has 0 unspecified atom stereocenters. The van der Waals surface area contributed by atoms with E-state index in [1.807, 2.05) is 30.3 Å². The van der Waals surface area contributed by atoms with E-state index in [0.29, 0.717) is 18.5 Å². The van der Waals surface area contributed by atoms with Gasteiger partial charge in [-0.05, 0) is 12.0 Å². The Morgan fingerprint density at radius 1 is 1.33 bits per heavy atom. The average molecular weight is 210 g/mol. The van der Waals surface area contributed by atoms with Gasteiger partial charge >= 0.3 is 0 Å². The Balaban J connectivity index is 2.35. The maximum absolute atomic E-state index is 12.3. The summed E-state index contributed by atoms with van der Waals surface area (Å²) in [6.07, 6.45) is 1.80. The largest absolute Gasteiger partial charge is 0.470 e. The van der Waals surface area contributed by atoms with Gasteiger partial charge in [0, 0.05) is 13.5 Å². The van der Waals surface area contributed by atoms with Gasteiger partial charge in [0.1, 0.15) is 12.1 Å². The van der Waals surface area contributed by atoms with Crippen molar-refractivity contribution in [3.05, 3.63) is 48.0 Å². The van der Waals surface area contributed by atoms with Gasteiger partial charge in [0.05, 0.1) is 0 Å². The van der Waals surface area contributed by atoms with Gasteiger partial charge in [0.15, 0.2) is 6.79 Å². The third-order valence-electron chi connectivity index (χ3n) is 1.99. The normalized spacial score (nSPS) is 11.5. The van der Waals surface area contributed by atoms with Crippen LogP contribution in [0.25, 0.3) is 0 Å². The summed E-state index contributed by atoms with van der Waals surface area (Å²) in [6.45, 7) is 0.0878. The Labute approximate surface area is 89.3 Å². The molecule has 0 atom stereocenters. The van der Waals surface area contributed by atoms with E-state index in [1.54, 1.807) is 0 Å². The fraction of sp³-hybridized carbons (Fsp3) is 0.333. The molecule has 0 aromatic heterocycles. The van der Waals surface area contributed by atoms with Crippen LogP contribution in [0.15, 0.2) is 42.4 Å². The van der Waals surface area contributed by atoms with Crippen molar-refractivity contribution in [1.29, 1.82) is 0 Å². The van der Waals surface area contributed by atoms with Crippen LogP contribution in [0.4, 0.5) is 4.39 Å². The molecule has 0 aliphatic heterocycles. The van der Waals surface area contributed by atoms with E-state index in [-0.39, 0.29) is 6.79 Å². The molecular weight excluding hydrogens is 195 g/mol. The monoisotopic (exact) mass is 210 g/mol. The quantitative estimate of drug-likeness (QED) is 0.530. The first-order chi connectivity index (χ1) is 7.36. The SMILES string of the molecule is COCO/C(=C\F)CCc1ccccc1. The van der Waals surface area contributed by atoms with Gasteiger partial charge in [0.25, 0.3) is 0 Å². The van der Waals surface area contributed by atoms with Crippen molar-refractivity contribution in [1.82, 2.24) is 0 Å². The highest BCUT2D eigenvalue weighted by molar-refractivity contribution is 5.15. The van der Waals surface area contributed by atoms with Crippen LogP contribution in [0.3, 0.4) is 0 Å². The summed E-state index contributed by atoms with van der Waals surface area (Å²) >= 11 is 0. The molecule has 0 saturated heterocycles. The zero-order valence-electron chi connectivity index (χ0n) is 8.78. The molecule has 0 radical (unpaired) electrons. The lowest BCUT2D eigenvalue weighted by atomic mass is 10.1. The van der Waals surface area contributed by atoms with E-state index in [0.717, 1.165) is 12.0 Å². The van der Waals surface area contributed by atoms with Crippen molar-refractivity contribution >= 4 is 0 Å². The van der Waals surface area contributed by atoms with Crippen molar-refractivity contribution in [2.75, 3.05) is 13.9 Å². The van der Waals surface area contributed by atoms with Gasteiger partial charge in [-0.2, -0.15) is 0 Å². The molecule has 0 amide bonds. The second-order valence-electron chi connectivity index (χ2n) is 3.11. The predicted octanol–water partition coefficient (Wildman–Crippen LogP) is 3.05. The lowest BCUT2D eigenvalue weighted by molar-refractivity contribution is 0.000967. The van der Waals surface area contributed by atoms with Crippen molar-refractivity contribution in [2.45, 2.75) is 12.8 Å². The maximum atomic E-state index is 12.3. The summed E-state index contributed by atoms with van der Waals surface area (Å²) in [5, 5.41) is 0. The van der Waals surface area contributed by atoms with Crippen molar-refractivity contribution in [3.63, 3.8) is 0 Å². The first-order valence-corrected chi connectivity index (χ1v) is 4.81. The first-order valence-electron chi connectivity index (χ1n) is 4.81. The zero-order chi connectivity index (χ0) is 10.9. The van der Waals surface area contributed by atoms with Gasteiger partial charge in [-0.25, -0.2) is 4.39 Å². The molecule has 0 saturated carbocycles. The number of hydrogen-bond donors (Lipinski definition) is 0. The Morgan fingerprint density at radius 3 is 2.67 bits per heavy atom.